The number of carbonyl (C=O) groups is 1. The molecule has 1 unspecified atom stereocenters. The van der Waals surface area contributed by atoms with Gasteiger partial charge in [-0.15, -0.1) is 0 Å². The van der Waals surface area contributed by atoms with E-state index in [1.807, 2.05) is 30.3 Å². The molecule has 0 saturated carbocycles. The molecule has 1 amide bonds. The average Bonchev–Trinajstić information content (AvgIpc) is 2.59. The molecule has 0 saturated heterocycles. The summed E-state index contributed by atoms with van der Waals surface area (Å²) in [5.41, 5.74) is 3.25. The number of nitrogens with zero attached hydrogens (tertiary/aromatic N) is 1. The number of carbonyl (C=O) groups excluding carboxylic acids is 1. The molecule has 0 aromatic heterocycles. The summed E-state index contributed by atoms with van der Waals surface area (Å²) in [6.45, 7) is 2.75. The van der Waals surface area contributed by atoms with E-state index in [0.717, 1.165) is 18.4 Å². The minimum atomic E-state index is -0.00688. The Kier molecular flexibility index (Phi) is 6.36. The number of likely N-dealkylation sites (N-methyl/N-ethyl adjacent to an activating group) is 1. The van der Waals surface area contributed by atoms with Gasteiger partial charge in [-0.2, -0.15) is 0 Å². The van der Waals surface area contributed by atoms with E-state index < -0.39 is 0 Å². The molecule has 0 aliphatic heterocycles. The van der Waals surface area contributed by atoms with Crippen molar-refractivity contribution in [3.05, 3.63) is 71.3 Å². The van der Waals surface area contributed by atoms with Crippen LogP contribution in [0.1, 0.15) is 28.4 Å². The molecule has 2 aromatic carbocycles. The van der Waals surface area contributed by atoms with Gasteiger partial charge in [0.15, 0.2) is 0 Å². The third-order valence-corrected chi connectivity index (χ3v) is 4.17. The van der Waals surface area contributed by atoms with Crippen molar-refractivity contribution in [2.24, 2.45) is 0 Å². The fourth-order valence-corrected chi connectivity index (χ4v) is 2.53. The Hall–Kier alpha value is -2.13. The zero-order valence-corrected chi connectivity index (χ0v) is 14.3. The summed E-state index contributed by atoms with van der Waals surface area (Å²) < 4.78 is 0. The van der Waals surface area contributed by atoms with Gasteiger partial charge >= 0.3 is 0 Å². The van der Waals surface area contributed by atoms with E-state index in [1.165, 1.54) is 11.1 Å². The van der Waals surface area contributed by atoms with Gasteiger partial charge in [0, 0.05) is 18.2 Å². The molecule has 23 heavy (non-hydrogen) atoms. The van der Waals surface area contributed by atoms with E-state index in [4.69, 9.17) is 0 Å². The van der Waals surface area contributed by atoms with Crippen molar-refractivity contribution in [2.75, 3.05) is 20.6 Å². The van der Waals surface area contributed by atoms with Crippen LogP contribution in [-0.4, -0.2) is 37.5 Å². The van der Waals surface area contributed by atoms with Gasteiger partial charge in [-0.3, -0.25) is 4.79 Å². The lowest BCUT2D eigenvalue weighted by Crippen LogP contribution is -2.41. The Morgan fingerprint density at radius 3 is 2.22 bits per heavy atom. The van der Waals surface area contributed by atoms with Gasteiger partial charge in [-0.25, -0.2) is 0 Å². The molecule has 2 aromatic rings. The highest BCUT2D eigenvalue weighted by molar-refractivity contribution is 5.94. The Morgan fingerprint density at radius 1 is 1.00 bits per heavy atom. The molecular weight excluding hydrogens is 284 g/mol. The van der Waals surface area contributed by atoms with Crippen LogP contribution in [-0.2, 0) is 12.8 Å². The first-order valence-electron chi connectivity index (χ1n) is 8.17. The van der Waals surface area contributed by atoms with Crippen molar-refractivity contribution in [3.63, 3.8) is 0 Å². The molecule has 122 valence electrons. The number of amides is 1. The molecule has 0 spiro atoms. The van der Waals surface area contributed by atoms with Crippen LogP contribution in [0.25, 0.3) is 0 Å². The van der Waals surface area contributed by atoms with Crippen LogP contribution in [0, 0.1) is 0 Å². The van der Waals surface area contributed by atoms with Crippen LogP contribution in [0.5, 0.6) is 0 Å². The van der Waals surface area contributed by atoms with Crippen LogP contribution in [0.15, 0.2) is 54.6 Å². The first kappa shape index (κ1) is 17.2. The molecule has 3 nitrogen and oxygen atoms in total. The van der Waals surface area contributed by atoms with Crippen molar-refractivity contribution in [2.45, 2.75) is 25.8 Å². The zero-order valence-electron chi connectivity index (χ0n) is 14.3. The molecule has 0 heterocycles. The summed E-state index contributed by atoms with van der Waals surface area (Å²) >= 11 is 0. The van der Waals surface area contributed by atoms with Gasteiger partial charge in [0.1, 0.15) is 0 Å². The van der Waals surface area contributed by atoms with Gasteiger partial charge in [0.05, 0.1) is 0 Å². The predicted octanol–water partition coefficient (Wildman–Crippen LogP) is 3.15. The third kappa shape index (κ3) is 5.22. The van der Waals surface area contributed by atoms with Crippen molar-refractivity contribution in [1.29, 1.82) is 0 Å². The maximum absolute atomic E-state index is 12.3. The maximum Gasteiger partial charge on any atom is 0.251 e. The Morgan fingerprint density at radius 2 is 1.65 bits per heavy atom. The molecule has 2 rings (SSSR count). The molecule has 1 N–H and O–H groups in total. The fourth-order valence-electron chi connectivity index (χ4n) is 2.53. The van der Waals surface area contributed by atoms with E-state index in [1.54, 1.807) is 0 Å². The lowest BCUT2D eigenvalue weighted by molar-refractivity contribution is 0.0941. The number of aryl methyl sites for hydroxylation is 1. The Bertz CT molecular complexity index is 605. The Balaban J connectivity index is 1.93. The van der Waals surface area contributed by atoms with Gasteiger partial charge in [0.25, 0.3) is 5.91 Å². The molecule has 0 radical (unpaired) electrons. The molecule has 0 aliphatic rings. The van der Waals surface area contributed by atoms with Gasteiger partial charge in [0.2, 0.25) is 0 Å². The average molecular weight is 310 g/mol. The standard InChI is InChI=1S/C20H26N2O/c1-4-16-10-12-18(13-11-16)20(23)21-15-19(22(2)3)14-17-8-6-5-7-9-17/h5-13,19H,4,14-15H2,1-3H3,(H,21,23). The van der Waals surface area contributed by atoms with Crippen LogP contribution in [0.2, 0.25) is 0 Å². The second kappa shape index (κ2) is 8.49. The number of nitrogens with one attached hydrogen (secondary N) is 1. The van der Waals surface area contributed by atoms with E-state index in [9.17, 15) is 4.79 Å². The van der Waals surface area contributed by atoms with E-state index in [2.05, 4.69) is 55.5 Å². The topological polar surface area (TPSA) is 32.3 Å². The lowest BCUT2D eigenvalue weighted by atomic mass is 10.0. The molecular formula is C20H26N2O. The minimum Gasteiger partial charge on any atom is -0.350 e. The normalized spacial score (nSPS) is 12.2. The molecule has 0 bridgehead atoms. The highest BCUT2D eigenvalue weighted by atomic mass is 16.1. The smallest absolute Gasteiger partial charge is 0.251 e. The third-order valence-electron chi connectivity index (χ3n) is 4.17. The van der Waals surface area contributed by atoms with Crippen LogP contribution in [0.4, 0.5) is 0 Å². The summed E-state index contributed by atoms with van der Waals surface area (Å²) in [6, 6.07) is 18.5. The molecule has 0 fully saturated rings. The number of hydrogen-bond acceptors (Lipinski definition) is 2. The Labute approximate surface area is 139 Å². The highest BCUT2D eigenvalue weighted by Crippen LogP contribution is 2.08. The van der Waals surface area contributed by atoms with Crippen molar-refractivity contribution < 1.29 is 4.79 Å². The first-order chi connectivity index (χ1) is 11.1. The summed E-state index contributed by atoms with van der Waals surface area (Å²) in [4.78, 5) is 14.5. The van der Waals surface area contributed by atoms with Gasteiger partial charge in [-0.05, 0) is 50.2 Å². The minimum absolute atomic E-state index is 0.00688. The van der Waals surface area contributed by atoms with Crippen LogP contribution < -0.4 is 5.32 Å². The molecule has 1 atom stereocenters. The molecule has 3 heteroatoms. The number of benzene rings is 2. The molecule has 0 aliphatic carbocycles. The van der Waals surface area contributed by atoms with E-state index in [0.29, 0.717) is 6.54 Å². The highest BCUT2D eigenvalue weighted by Gasteiger charge is 2.14. The van der Waals surface area contributed by atoms with E-state index in [-0.39, 0.29) is 11.9 Å². The largest absolute Gasteiger partial charge is 0.350 e. The summed E-state index contributed by atoms with van der Waals surface area (Å²) in [7, 11) is 4.10. The second-order valence-electron chi connectivity index (χ2n) is 6.07. The van der Waals surface area contributed by atoms with Crippen molar-refractivity contribution in [1.82, 2.24) is 10.2 Å². The maximum atomic E-state index is 12.3. The number of hydrogen-bond donors (Lipinski definition) is 1. The summed E-state index contributed by atoms with van der Waals surface area (Å²) in [5.74, 6) is -0.00688. The van der Waals surface area contributed by atoms with Gasteiger partial charge in [-0.1, -0.05) is 49.4 Å². The predicted molar refractivity (Wildman–Crippen MR) is 95.8 cm³/mol. The zero-order chi connectivity index (χ0) is 16.7. The monoisotopic (exact) mass is 310 g/mol. The SMILES string of the molecule is CCc1ccc(C(=O)NCC(Cc2ccccc2)N(C)C)cc1. The van der Waals surface area contributed by atoms with Crippen molar-refractivity contribution in [3.8, 4) is 0 Å². The quantitative estimate of drug-likeness (QED) is 0.852. The van der Waals surface area contributed by atoms with Gasteiger partial charge < -0.3 is 10.2 Å². The van der Waals surface area contributed by atoms with Crippen LogP contribution in [0.3, 0.4) is 0 Å². The van der Waals surface area contributed by atoms with Crippen LogP contribution >= 0.6 is 0 Å². The summed E-state index contributed by atoms with van der Waals surface area (Å²) in [5, 5.41) is 3.06. The summed E-state index contributed by atoms with van der Waals surface area (Å²) in [6.07, 6.45) is 1.91. The second-order valence-corrected chi connectivity index (χ2v) is 6.07. The van der Waals surface area contributed by atoms with Crippen molar-refractivity contribution >= 4 is 5.91 Å². The van der Waals surface area contributed by atoms with E-state index >= 15 is 0 Å². The first-order valence-corrected chi connectivity index (χ1v) is 8.17. The lowest BCUT2D eigenvalue weighted by Gasteiger charge is -2.24. The fraction of sp³-hybridized carbons (Fsp3) is 0.350. The number of rotatable bonds is 7.